The molecule has 1 aliphatic rings. The van der Waals surface area contributed by atoms with Gasteiger partial charge in [-0.15, -0.1) is 0 Å². The Morgan fingerprint density at radius 1 is 0.895 bits per heavy atom. The van der Waals surface area contributed by atoms with Crippen molar-refractivity contribution in [1.82, 2.24) is 10.2 Å². The van der Waals surface area contributed by atoms with E-state index in [0.29, 0.717) is 17.9 Å². The maximum atomic E-state index is 14.0. The van der Waals surface area contributed by atoms with Crippen molar-refractivity contribution in [2.24, 2.45) is 10.7 Å². The van der Waals surface area contributed by atoms with Crippen LogP contribution in [0.1, 0.15) is 32.6 Å². The number of nitrogens with zero attached hydrogens (tertiary/aromatic N) is 2. The van der Waals surface area contributed by atoms with Crippen molar-refractivity contribution < 1.29 is 14.3 Å². The molecule has 0 aromatic heterocycles. The van der Waals surface area contributed by atoms with Crippen LogP contribution in [-0.2, 0) is 23.4 Å². The predicted molar refractivity (Wildman–Crippen MR) is 146 cm³/mol. The van der Waals surface area contributed by atoms with E-state index in [2.05, 4.69) is 5.32 Å². The van der Waals surface area contributed by atoms with Crippen molar-refractivity contribution in [2.75, 3.05) is 7.11 Å². The molecule has 2 amide bonds. The van der Waals surface area contributed by atoms with Crippen LogP contribution < -0.4 is 15.8 Å². The van der Waals surface area contributed by atoms with Gasteiger partial charge in [-0.05, 0) is 34.9 Å². The van der Waals surface area contributed by atoms with E-state index < -0.39 is 5.54 Å². The average molecular weight is 505 g/mol. The van der Waals surface area contributed by atoms with Crippen LogP contribution in [0.25, 0.3) is 0 Å². The number of amides is 2. The van der Waals surface area contributed by atoms with Crippen LogP contribution in [0, 0.1) is 0 Å². The number of carbonyl (C=O) groups excluding carboxylic acids is 2. The van der Waals surface area contributed by atoms with Gasteiger partial charge in [0.2, 0.25) is 0 Å². The first-order valence-corrected chi connectivity index (χ1v) is 12.3. The highest BCUT2D eigenvalue weighted by atomic mass is 16.5. The van der Waals surface area contributed by atoms with E-state index in [4.69, 9.17) is 15.5 Å². The van der Waals surface area contributed by atoms with Crippen LogP contribution in [0.15, 0.2) is 114 Å². The fourth-order valence-corrected chi connectivity index (χ4v) is 4.75. The third-order valence-electron chi connectivity index (χ3n) is 6.66. The second-order valence-corrected chi connectivity index (χ2v) is 9.00. The average Bonchev–Trinajstić information content (AvgIpc) is 3.22. The normalized spacial score (nSPS) is 14.2. The van der Waals surface area contributed by atoms with E-state index >= 15 is 0 Å². The third-order valence-corrected chi connectivity index (χ3v) is 6.66. The van der Waals surface area contributed by atoms with E-state index in [0.717, 1.165) is 22.3 Å². The maximum Gasteiger partial charge on any atom is 0.266 e. The summed E-state index contributed by atoms with van der Waals surface area (Å²) in [6, 6.07) is 33.6. The zero-order valence-corrected chi connectivity index (χ0v) is 21.0. The summed E-state index contributed by atoms with van der Waals surface area (Å²) in [6.07, 6.45) is 0. The fraction of sp³-hybridized carbons (Fsp3) is 0.129. The molecule has 0 spiro atoms. The Bertz CT molecular complexity index is 1450. The van der Waals surface area contributed by atoms with E-state index in [-0.39, 0.29) is 24.3 Å². The van der Waals surface area contributed by atoms with Gasteiger partial charge in [-0.1, -0.05) is 91.0 Å². The van der Waals surface area contributed by atoms with E-state index in [1.807, 2.05) is 91.0 Å². The summed E-state index contributed by atoms with van der Waals surface area (Å²) in [5.41, 5.74) is 8.71. The van der Waals surface area contributed by atoms with Crippen molar-refractivity contribution in [3.8, 4) is 5.75 Å². The quantitative estimate of drug-likeness (QED) is 0.375. The zero-order valence-electron chi connectivity index (χ0n) is 21.0. The summed E-state index contributed by atoms with van der Waals surface area (Å²) in [4.78, 5) is 33.2. The molecule has 0 unspecified atom stereocenters. The highest BCUT2D eigenvalue weighted by Gasteiger charge is 2.50. The summed E-state index contributed by atoms with van der Waals surface area (Å²) >= 11 is 0. The van der Waals surface area contributed by atoms with Gasteiger partial charge in [0.1, 0.15) is 5.75 Å². The van der Waals surface area contributed by atoms with Gasteiger partial charge in [0.15, 0.2) is 11.5 Å². The first-order valence-electron chi connectivity index (χ1n) is 12.3. The molecule has 0 radical (unpaired) electrons. The number of benzene rings is 4. The highest BCUT2D eigenvalue weighted by molar-refractivity contribution is 6.09. The number of para-hydroxylation sites is 1. The Kier molecular flexibility index (Phi) is 6.91. The van der Waals surface area contributed by atoms with Crippen LogP contribution in [0.5, 0.6) is 5.75 Å². The van der Waals surface area contributed by atoms with Gasteiger partial charge in [-0.2, -0.15) is 0 Å². The number of nitrogens with one attached hydrogen (secondary N) is 1. The molecule has 0 atom stereocenters. The molecule has 1 heterocycles. The molecule has 5 rings (SSSR count). The molecular weight excluding hydrogens is 476 g/mol. The Balaban J connectivity index is 1.38. The van der Waals surface area contributed by atoms with Crippen LogP contribution in [0.3, 0.4) is 0 Å². The molecule has 0 bridgehead atoms. The largest absolute Gasteiger partial charge is 0.496 e. The minimum Gasteiger partial charge on any atom is -0.496 e. The third kappa shape index (κ3) is 4.62. The number of carbonyl (C=O) groups is 2. The minimum atomic E-state index is -1.27. The smallest absolute Gasteiger partial charge is 0.266 e. The number of hydrogen-bond acceptors (Lipinski definition) is 5. The number of hydrogen-bond donors (Lipinski definition) is 2. The minimum absolute atomic E-state index is 0.133. The van der Waals surface area contributed by atoms with Crippen molar-refractivity contribution in [3.05, 3.63) is 137 Å². The van der Waals surface area contributed by atoms with Gasteiger partial charge in [-0.3, -0.25) is 14.5 Å². The Labute approximate surface area is 221 Å². The van der Waals surface area contributed by atoms with E-state index in [1.165, 1.54) is 4.90 Å². The predicted octanol–water partition coefficient (Wildman–Crippen LogP) is 4.23. The SMILES string of the molecule is COc1ccccc1CNC(=O)c1cccc(CN2C(=O)C(c3ccccc3)(c3ccccc3)N=C2N)c1. The molecule has 190 valence electrons. The number of nitrogens with two attached hydrogens (primary N) is 1. The van der Waals surface area contributed by atoms with Crippen molar-refractivity contribution in [2.45, 2.75) is 18.6 Å². The molecule has 0 aliphatic carbocycles. The monoisotopic (exact) mass is 504 g/mol. The topological polar surface area (TPSA) is 97.0 Å². The molecule has 0 fully saturated rings. The maximum absolute atomic E-state index is 14.0. The van der Waals surface area contributed by atoms with Crippen molar-refractivity contribution in [1.29, 1.82) is 0 Å². The second-order valence-electron chi connectivity index (χ2n) is 9.00. The van der Waals surface area contributed by atoms with Gasteiger partial charge in [0.25, 0.3) is 11.8 Å². The summed E-state index contributed by atoms with van der Waals surface area (Å²) in [5, 5.41) is 2.94. The molecule has 3 N–H and O–H groups in total. The van der Waals surface area contributed by atoms with Crippen molar-refractivity contribution in [3.63, 3.8) is 0 Å². The van der Waals surface area contributed by atoms with Gasteiger partial charge >= 0.3 is 0 Å². The van der Waals surface area contributed by atoms with Crippen LogP contribution in [0.2, 0.25) is 0 Å². The summed E-state index contributed by atoms with van der Waals surface area (Å²) in [5.74, 6) is 0.381. The number of methoxy groups -OCH3 is 1. The van der Waals surface area contributed by atoms with Gasteiger partial charge in [0.05, 0.1) is 13.7 Å². The molecule has 0 saturated carbocycles. The molecular formula is C31H28N4O3. The molecule has 38 heavy (non-hydrogen) atoms. The number of aliphatic imine (C=N–C) groups is 1. The second kappa shape index (κ2) is 10.6. The summed E-state index contributed by atoms with van der Waals surface area (Å²) in [6.45, 7) is 0.511. The molecule has 0 saturated heterocycles. The standard InChI is InChI=1S/C31H28N4O3/c1-38-27-18-9-8-12-24(27)20-33-28(36)23-13-10-11-22(19-23)21-35-29(37)31(34-30(35)32,25-14-4-2-5-15-25)26-16-6-3-7-17-26/h2-19H,20-21H2,1H3,(H2,32,34)(H,33,36). The first kappa shape index (κ1) is 24.8. The summed E-state index contributed by atoms with van der Waals surface area (Å²) in [7, 11) is 1.60. The molecule has 1 aliphatic heterocycles. The lowest BCUT2D eigenvalue weighted by Gasteiger charge is -2.27. The Morgan fingerprint density at radius 2 is 1.53 bits per heavy atom. The lowest BCUT2D eigenvalue weighted by atomic mass is 9.83. The lowest BCUT2D eigenvalue weighted by molar-refractivity contribution is -0.130. The molecule has 4 aromatic rings. The van der Waals surface area contributed by atoms with Crippen LogP contribution >= 0.6 is 0 Å². The first-order chi connectivity index (χ1) is 18.5. The van der Waals surface area contributed by atoms with Gasteiger partial charge in [0, 0.05) is 17.7 Å². The zero-order chi connectivity index (χ0) is 26.5. The molecule has 7 nitrogen and oxygen atoms in total. The van der Waals surface area contributed by atoms with Crippen molar-refractivity contribution >= 4 is 17.8 Å². The summed E-state index contributed by atoms with van der Waals surface area (Å²) < 4.78 is 5.37. The number of guanidine groups is 1. The van der Waals surface area contributed by atoms with E-state index in [1.54, 1.807) is 25.3 Å². The van der Waals surface area contributed by atoms with Crippen LogP contribution in [-0.4, -0.2) is 29.8 Å². The van der Waals surface area contributed by atoms with Gasteiger partial charge < -0.3 is 15.8 Å². The Morgan fingerprint density at radius 3 is 2.18 bits per heavy atom. The Hall–Kier alpha value is -4.91. The molecule has 7 heteroatoms. The highest BCUT2D eigenvalue weighted by Crippen LogP contribution is 2.40. The van der Waals surface area contributed by atoms with E-state index in [9.17, 15) is 9.59 Å². The number of ether oxygens (including phenoxy) is 1. The number of rotatable bonds is 8. The lowest BCUT2D eigenvalue weighted by Crippen LogP contribution is -2.43. The van der Waals surface area contributed by atoms with Crippen LogP contribution in [0.4, 0.5) is 0 Å². The fourth-order valence-electron chi connectivity index (χ4n) is 4.75. The molecule has 4 aromatic carbocycles. The van der Waals surface area contributed by atoms with Gasteiger partial charge in [-0.25, -0.2) is 4.99 Å².